The van der Waals surface area contributed by atoms with E-state index in [1.54, 1.807) is 0 Å². The molecule has 1 fully saturated rings. The number of benzene rings is 1. The van der Waals surface area contributed by atoms with E-state index >= 15 is 0 Å². The number of piperidine rings is 1. The molecule has 0 radical (unpaired) electrons. The van der Waals surface area contributed by atoms with Gasteiger partial charge in [-0.05, 0) is 50.9 Å². The molecule has 1 saturated heterocycles. The number of fused-ring (bicyclic) bond motifs is 1. The van der Waals surface area contributed by atoms with Crippen LogP contribution in [0.15, 0.2) is 18.2 Å². The summed E-state index contributed by atoms with van der Waals surface area (Å²) in [5, 5.41) is 3.53. The Kier molecular flexibility index (Phi) is 3.09. The second kappa shape index (κ2) is 4.64. The number of hydrogen-bond acceptors (Lipinski definition) is 2. The fourth-order valence-corrected chi connectivity index (χ4v) is 3.27. The zero-order chi connectivity index (χ0) is 13.5. The monoisotopic (exact) mass is 257 g/mol. The summed E-state index contributed by atoms with van der Waals surface area (Å²) in [6, 6.07) is 6.59. The summed E-state index contributed by atoms with van der Waals surface area (Å²) in [6.45, 7) is 9.86. The van der Waals surface area contributed by atoms with Crippen LogP contribution in [0.3, 0.4) is 0 Å². The van der Waals surface area contributed by atoms with Gasteiger partial charge in [0.05, 0.1) is 11.0 Å². The van der Waals surface area contributed by atoms with E-state index in [1.807, 2.05) is 0 Å². The van der Waals surface area contributed by atoms with Gasteiger partial charge in [-0.3, -0.25) is 0 Å². The van der Waals surface area contributed by atoms with Gasteiger partial charge in [0.1, 0.15) is 5.82 Å². The van der Waals surface area contributed by atoms with Crippen LogP contribution in [-0.2, 0) is 12.0 Å². The van der Waals surface area contributed by atoms with Crippen molar-refractivity contribution in [2.24, 2.45) is 0 Å². The van der Waals surface area contributed by atoms with E-state index in [0.717, 1.165) is 25.2 Å². The Hall–Kier alpha value is -1.35. The van der Waals surface area contributed by atoms with Gasteiger partial charge < -0.3 is 9.88 Å². The Morgan fingerprint density at radius 3 is 2.95 bits per heavy atom. The molecule has 3 heteroatoms. The quantitative estimate of drug-likeness (QED) is 0.896. The van der Waals surface area contributed by atoms with Gasteiger partial charge in [0, 0.05) is 18.5 Å². The molecule has 1 unspecified atom stereocenters. The molecule has 19 heavy (non-hydrogen) atoms. The number of nitrogens with zero attached hydrogens (tertiary/aromatic N) is 2. The molecule has 0 saturated carbocycles. The summed E-state index contributed by atoms with van der Waals surface area (Å²) in [4.78, 5) is 4.96. The van der Waals surface area contributed by atoms with E-state index in [9.17, 15) is 0 Å². The molecule has 0 spiro atoms. The van der Waals surface area contributed by atoms with Crippen molar-refractivity contribution in [3.8, 4) is 0 Å². The molecular formula is C16H23N3. The average Bonchev–Trinajstić information content (AvgIpc) is 2.78. The van der Waals surface area contributed by atoms with Crippen LogP contribution < -0.4 is 5.32 Å². The van der Waals surface area contributed by atoms with Gasteiger partial charge >= 0.3 is 0 Å². The van der Waals surface area contributed by atoms with E-state index in [4.69, 9.17) is 4.98 Å². The molecule has 1 aromatic carbocycles. The minimum Gasteiger partial charge on any atom is -0.328 e. The van der Waals surface area contributed by atoms with Crippen LogP contribution in [0.1, 0.15) is 38.1 Å². The topological polar surface area (TPSA) is 29.9 Å². The van der Waals surface area contributed by atoms with Gasteiger partial charge in [0.25, 0.3) is 0 Å². The number of rotatable bonds is 2. The Morgan fingerprint density at radius 1 is 1.42 bits per heavy atom. The predicted molar refractivity (Wildman–Crippen MR) is 79.6 cm³/mol. The van der Waals surface area contributed by atoms with Crippen molar-refractivity contribution in [3.05, 3.63) is 29.6 Å². The first kappa shape index (κ1) is 12.7. The van der Waals surface area contributed by atoms with Crippen LogP contribution in [0.2, 0.25) is 0 Å². The Bertz CT molecular complexity index is 591. The maximum Gasteiger partial charge on any atom is 0.117 e. The van der Waals surface area contributed by atoms with Crippen LogP contribution in [0.4, 0.5) is 0 Å². The van der Waals surface area contributed by atoms with Crippen LogP contribution in [0.25, 0.3) is 11.0 Å². The smallest absolute Gasteiger partial charge is 0.117 e. The second-order valence-electron chi connectivity index (χ2n) is 6.01. The zero-order valence-electron chi connectivity index (χ0n) is 12.2. The van der Waals surface area contributed by atoms with Crippen molar-refractivity contribution in [1.82, 2.24) is 14.9 Å². The van der Waals surface area contributed by atoms with E-state index in [0.29, 0.717) is 0 Å². The molecule has 3 rings (SSSR count). The van der Waals surface area contributed by atoms with Crippen molar-refractivity contribution in [2.45, 2.75) is 45.6 Å². The maximum atomic E-state index is 4.96. The highest BCUT2D eigenvalue weighted by Gasteiger charge is 2.33. The third-order valence-corrected chi connectivity index (χ3v) is 4.36. The number of nitrogens with one attached hydrogen (secondary N) is 1. The number of aromatic nitrogens is 2. The molecular weight excluding hydrogens is 234 g/mol. The van der Waals surface area contributed by atoms with Gasteiger partial charge in [-0.1, -0.05) is 13.0 Å². The third-order valence-electron chi connectivity index (χ3n) is 4.36. The van der Waals surface area contributed by atoms with Gasteiger partial charge in [-0.2, -0.15) is 0 Å². The Balaban J connectivity index is 2.17. The lowest BCUT2D eigenvalue weighted by molar-refractivity contribution is 0.315. The standard InChI is InChI=1S/C16H23N3/c1-4-19-14-7-6-12(2)10-13(14)18-15(19)16(3)8-5-9-17-11-16/h6-7,10,17H,4-5,8-9,11H2,1-3H3. The van der Waals surface area contributed by atoms with Crippen molar-refractivity contribution in [1.29, 1.82) is 0 Å². The van der Waals surface area contributed by atoms with Crippen LogP contribution >= 0.6 is 0 Å². The Morgan fingerprint density at radius 2 is 2.26 bits per heavy atom. The van der Waals surface area contributed by atoms with E-state index in [-0.39, 0.29) is 5.41 Å². The minimum absolute atomic E-state index is 0.168. The van der Waals surface area contributed by atoms with Crippen molar-refractivity contribution in [2.75, 3.05) is 13.1 Å². The largest absolute Gasteiger partial charge is 0.328 e. The maximum absolute atomic E-state index is 4.96. The molecule has 0 aliphatic carbocycles. The van der Waals surface area contributed by atoms with E-state index in [1.165, 1.54) is 29.7 Å². The molecule has 1 atom stereocenters. The third kappa shape index (κ3) is 2.06. The van der Waals surface area contributed by atoms with Crippen LogP contribution in [-0.4, -0.2) is 22.6 Å². The molecule has 0 bridgehead atoms. The average molecular weight is 257 g/mol. The Labute approximate surface area is 115 Å². The van der Waals surface area contributed by atoms with Crippen molar-refractivity contribution < 1.29 is 0 Å². The highest BCUT2D eigenvalue weighted by Crippen LogP contribution is 2.32. The molecule has 0 amide bonds. The van der Waals surface area contributed by atoms with Crippen molar-refractivity contribution in [3.63, 3.8) is 0 Å². The van der Waals surface area contributed by atoms with Crippen LogP contribution in [0, 0.1) is 6.92 Å². The molecule has 102 valence electrons. The minimum atomic E-state index is 0.168. The normalized spacial score (nSPS) is 23.9. The number of imidazole rings is 1. The fourth-order valence-electron chi connectivity index (χ4n) is 3.27. The lowest BCUT2D eigenvalue weighted by Gasteiger charge is -2.33. The van der Waals surface area contributed by atoms with E-state index in [2.05, 4.69) is 48.9 Å². The van der Waals surface area contributed by atoms with Crippen molar-refractivity contribution >= 4 is 11.0 Å². The lowest BCUT2D eigenvalue weighted by atomic mass is 9.82. The van der Waals surface area contributed by atoms with Crippen LogP contribution in [0.5, 0.6) is 0 Å². The second-order valence-corrected chi connectivity index (χ2v) is 6.01. The van der Waals surface area contributed by atoms with E-state index < -0.39 is 0 Å². The first-order chi connectivity index (χ1) is 9.14. The summed E-state index contributed by atoms with van der Waals surface area (Å²) in [7, 11) is 0. The lowest BCUT2D eigenvalue weighted by Crippen LogP contribution is -2.42. The summed E-state index contributed by atoms with van der Waals surface area (Å²) < 4.78 is 2.39. The molecule has 1 aliphatic heterocycles. The van der Waals surface area contributed by atoms with Gasteiger partial charge in [-0.25, -0.2) is 4.98 Å². The first-order valence-electron chi connectivity index (χ1n) is 7.32. The molecule has 1 aliphatic rings. The van der Waals surface area contributed by atoms with Gasteiger partial charge in [0.2, 0.25) is 0 Å². The molecule has 2 aromatic rings. The summed E-state index contributed by atoms with van der Waals surface area (Å²) in [5.74, 6) is 1.25. The SMILES string of the molecule is CCn1c(C2(C)CCCNC2)nc2cc(C)ccc21. The highest BCUT2D eigenvalue weighted by atomic mass is 15.1. The number of aryl methyl sites for hydroxylation is 2. The first-order valence-corrected chi connectivity index (χ1v) is 7.32. The number of hydrogen-bond donors (Lipinski definition) is 1. The summed E-state index contributed by atoms with van der Waals surface area (Å²) >= 11 is 0. The highest BCUT2D eigenvalue weighted by molar-refractivity contribution is 5.77. The molecule has 1 aromatic heterocycles. The summed E-state index contributed by atoms with van der Waals surface area (Å²) in [6.07, 6.45) is 2.46. The molecule has 3 nitrogen and oxygen atoms in total. The van der Waals surface area contributed by atoms with Gasteiger partial charge in [-0.15, -0.1) is 0 Å². The molecule has 1 N–H and O–H groups in total. The molecule has 2 heterocycles. The summed E-state index contributed by atoms with van der Waals surface area (Å²) in [5.41, 5.74) is 3.87. The van der Waals surface area contributed by atoms with Gasteiger partial charge in [0.15, 0.2) is 0 Å². The fraction of sp³-hybridized carbons (Fsp3) is 0.562. The zero-order valence-corrected chi connectivity index (χ0v) is 12.2. The predicted octanol–water partition coefficient (Wildman–Crippen LogP) is 3.01.